The first-order chi connectivity index (χ1) is 12.6. The van der Waals surface area contributed by atoms with Gasteiger partial charge in [-0.15, -0.1) is 0 Å². The third-order valence-corrected chi connectivity index (χ3v) is 4.72. The standard InChI is InChI=1S/C20H25N3O3/c1-3-4-8-19(24)23-10-9-17-16(13-23)20(25)22-18(21-17)12-14-6-5-7-15(11-14)26-2/h5-7,11H,3-4,8-10,12-13H2,1-2H3,(H,21,22,25). The zero-order valence-electron chi connectivity index (χ0n) is 15.4. The number of aromatic amines is 1. The van der Waals surface area contributed by atoms with E-state index < -0.39 is 0 Å². The maximum absolute atomic E-state index is 12.5. The van der Waals surface area contributed by atoms with E-state index in [-0.39, 0.29) is 11.5 Å². The highest BCUT2D eigenvalue weighted by molar-refractivity contribution is 5.76. The Morgan fingerprint density at radius 3 is 3.00 bits per heavy atom. The van der Waals surface area contributed by atoms with Crippen molar-refractivity contribution in [3.05, 3.63) is 57.3 Å². The highest BCUT2D eigenvalue weighted by Gasteiger charge is 2.24. The normalized spacial score (nSPS) is 13.4. The average Bonchev–Trinajstić information content (AvgIpc) is 2.66. The van der Waals surface area contributed by atoms with Crippen molar-refractivity contribution < 1.29 is 9.53 Å². The fourth-order valence-corrected chi connectivity index (χ4v) is 3.24. The van der Waals surface area contributed by atoms with Gasteiger partial charge in [-0.3, -0.25) is 9.59 Å². The van der Waals surface area contributed by atoms with Gasteiger partial charge in [-0.1, -0.05) is 25.5 Å². The van der Waals surface area contributed by atoms with Gasteiger partial charge < -0.3 is 14.6 Å². The summed E-state index contributed by atoms with van der Waals surface area (Å²) in [6, 6.07) is 7.73. The fraction of sp³-hybridized carbons (Fsp3) is 0.450. The molecule has 3 rings (SSSR count). The third kappa shape index (κ3) is 4.12. The molecular weight excluding hydrogens is 330 g/mol. The van der Waals surface area contributed by atoms with Crippen molar-refractivity contribution in [2.45, 2.75) is 45.6 Å². The molecule has 1 aromatic heterocycles. The largest absolute Gasteiger partial charge is 0.497 e. The van der Waals surface area contributed by atoms with Gasteiger partial charge in [0.2, 0.25) is 5.91 Å². The second kappa shape index (κ2) is 8.17. The van der Waals surface area contributed by atoms with Gasteiger partial charge in [0.05, 0.1) is 24.9 Å². The van der Waals surface area contributed by atoms with Crippen molar-refractivity contribution in [2.24, 2.45) is 0 Å². The molecule has 0 saturated heterocycles. The van der Waals surface area contributed by atoms with Crippen LogP contribution in [0, 0.1) is 0 Å². The molecule has 0 radical (unpaired) electrons. The monoisotopic (exact) mass is 355 g/mol. The molecule has 138 valence electrons. The van der Waals surface area contributed by atoms with Crippen molar-refractivity contribution in [1.82, 2.24) is 14.9 Å². The summed E-state index contributed by atoms with van der Waals surface area (Å²) in [5, 5.41) is 0. The van der Waals surface area contributed by atoms with Crippen LogP contribution in [-0.4, -0.2) is 34.4 Å². The van der Waals surface area contributed by atoms with Crippen LogP contribution in [0.15, 0.2) is 29.1 Å². The van der Waals surface area contributed by atoms with Crippen LogP contribution in [0.4, 0.5) is 0 Å². The lowest BCUT2D eigenvalue weighted by molar-refractivity contribution is -0.132. The van der Waals surface area contributed by atoms with Gasteiger partial charge in [0.15, 0.2) is 0 Å². The molecule has 1 aliphatic rings. The van der Waals surface area contributed by atoms with Crippen molar-refractivity contribution in [1.29, 1.82) is 0 Å². The van der Waals surface area contributed by atoms with E-state index in [2.05, 4.69) is 16.9 Å². The second-order valence-corrected chi connectivity index (χ2v) is 6.64. The maximum atomic E-state index is 12.5. The lowest BCUT2D eigenvalue weighted by Crippen LogP contribution is -2.39. The Balaban J connectivity index is 1.77. The van der Waals surface area contributed by atoms with Crippen LogP contribution in [-0.2, 0) is 24.2 Å². The lowest BCUT2D eigenvalue weighted by Gasteiger charge is -2.28. The summed E-state index contributed by atoms with van der Waals surface area (Å²) in [6.45, 7) is 3.06. The number of unbranched alkanes of at least 4 members (excludes halogenated alkanes) is 1. The first-order valence-electron chi connectivity index (χ1n) is 9.12. The topological polar surface area (TPSA) is 75.3 Å². The van der Waals surface area contributed by atoms with Crippen LogP contribution >= 0.6 is 0 Å². The van der Waals surface area contributed by atoms with Crippen LogP contribution in [0.2, 0.25) is 0 Å². The molecular formula is C20H25N3O3. The Kier molecular flexibility index (Phi) is 5.71. The van der Waals surface area contributed by atoms with E-state index in [9.17, 15) is 9.59 Å². The molecule has 0 fully saturated rings. The summed E-state index contributed by atoms with van der Waals surface area (Å²) >= 11 is 0. The molecule has 0 aliphatic carbocycles. The molecule has 26 heavy (non-hydrogen) atoms. The van der Waals surface area contributed by atoms with Crippen molar-refractivity contribution in [2.75, 3.05) is 13.7 Å². The van der Waals surface area contributed by atoms with Crippen molar-refractivity contribution in [3.63, 3.8) is 0 Å². The number of ether oxygens (including phenoxy) is 1. The number of benzene rings is 1. The average molecular weight is 355 g/mol. The summed E-state index contributed by atoms with van der Waals surface area (Å²) in [6.07, 6.45) is 3.59. The summed E-state index contributed by atoms with van der Waals surface area (Å²) < 4.78 is 5.24. The first-order valence-corrected chi connectivity index (χ1v) is 9.12. The number of hydrogen-bond acceptors (Lipinski definition) is 4. The Hall–Kier alpha value is -2.63. The number of fused-ring (bicyclic) bond motifs is 1. The Bertz CT molecular complexity index is 844. The molecule has 0 unspecified atom stereocenters. The number of hydrogen-bond donors (Lipinski definition) is 1. The number of carbonyl (C=O) groups excluding carboxylic acids is 1. The fourth-order valence-electron chi connectivity index (χ4n) is 3.24. The van der Waals surface area contributed by atoms with Gasteiger partial charge in [0.25, 0.3) is 5.56 Å². The summed E-state index contributed by atoms with van der Waals surface area (Å²) in [5.74, 6) is 1.55. The number of carbonyl (C=O) groups is 1. The Morgan fingerprint density at radius 1 is 1.38 bits per heavy atom. The quantitative estimate of drug-likeness (QED) is 0.864. The zero-order valence-corrected chi connectivity index (χ0v) is 15.4. The number of nitrogens with one attached hydrogen (secondary N) is 1. The van der Waals surface area contributed by atoms with Crippen molar-refractivity contribution in [3.8, 4) is 5.75 Å². The molecule has 1 aromatic carbocycles. The number of methoxy groups -OCH3 is 1. The zero-order chi connectivity index (χ0) is 18.5. The van der Waals surface area contributed by atoms with Crippen LogP contribution < -0.4 is 10.3 Å². The number of H-pyrrole nitrogens is 1. The van der Waals surface area contributed by atoms with Gasteiger partial charge in [-0.2, -0.15) is 0 Å². The number of rotatable bonds is 6. The number of amides is 1. The molecule has 1 N–H and O–H groups in total. The molecule has 0 spiro atoms. The molecule has 1 aliphatic heterocycles. The highest BCUT2D eigenvalue weighted by Crippen LogP contribution is 2.18. The summed E-state index contributed by atoms with van der Waals surface area (Å²) in [5.41, 5.74) is 2.32. The SMILES string of the molecule is CCCCC(=O)N1CCc2nc(Cc3cccc(OC)c3)[nH]c(=O)c2C1. The van der Waals surface area contributed by atoms with Crippen LogP contribution in [0.3, 0.4) is 0 Å². The van der Waals surface area contributed by atoms with E-state index in [4.69, 9.17) is 4.74 Å². The predicted molar refractivity (Wildman–Crippen MR) is 99.3 cm³/mol. The second-order valence-electron chi connectivity index (χ2n) is 6.64. The summed E-state index contributed by atoms with van der Waals surface area (Å²) in [7, 11) is 1.63. The summed E-state index contributed by atoms with van der Waals surface area (Å²) in [4.78, 5) is 34.0. The van der Waals surface area contributed by atoms with Crippen LogP contribution in [0.5, 0.6) is 5.75 Å². The van der Waals surface area contributed by atoms with Crippen LogP contribution in [0.25, 0.3) is 0 Å². The van der Waals surface area contributed by atoms with E-state index >= 15 is 0 Å². The van der Waals surface area contributed by atoms with Gasteiger partial charge in [0, 0.05) is 25.8 Å². The molecule has 1 amide bonds. The third-order valence-electron chi connectivity index (χ3n) is 4.72. The Morgan fingerprint density at radius 2 is 2.23 bits per heavy atom. The van der Waals surface area contributed by atoms with Gasteiger partial charge in [-0.25, -0.2) is 4.98 Å². The minimum absolute atomic E-state index is 0.123. The Labute approximate surface area is 153 Å². The molecule has 2 heterocycles. The van der Waals surface area contributed by atoms with Gasteiger partial charge in [-0.05, 0) is 24.1 Å². The molecule has 2 aromatic rings. The van der Waals surface area contributed by atoms with E-state index in [0.717, 1.165) is 29.8 Å². The molecule has 6 nitrogen and oxygen atoms in total. The van der Waals surface area contributed by atoms with E-state index in [0.29, 0.717) is 43.7 Å². The van der Waals surface area contributed by atoms with Crippen LogP contribution in [0.1, 0.15) is 48.8 Å². The van der Waals surface area contributed by atoms with E-state index in [1.54, 1.807) is 12.0 Å². The highest BCUT2D eigenvalue weighted by atomic mass is 16.5. The first kappa shape index (κ1) is 18.2. The number of aromatic nitrogens is 2. The lowest BCUT2D eigenvalue weighted by atomic mass is 10.1. The number of nitrogens with zero attached hydrogens (tertiary/aromatic N) is 2. The molecule has 0 atom stereocenters. The van der Waals surface area contributed by atoms with Gasteiger partial charge in [0.1, 0.15) is 11.6 Å². The minimum atomic E-state index is -0.138. The van der Waals surface area contributed by atoms with Gasteiger partial charge >= 0.3 is 0 Å². The predicted octanol–water partition coefficient (Wildman–Crippen LogP) is 2.44. The maximum Gasteiger partial charge on any atom is 0.256 e. The van der Waals surface area contributed by atoms with E-state index in [1.807, 2.05) is 24.3 Å². The molecule has 6 heteroatoms. The van der Waals surface area contributed by atoms with E-state index in [1.165, 1.54) is 0 Å². The minimum Gasteiger partial charge on any atom is -0.497 e. The molecule has 0 bridgehead atoms. The smallest absolute Gasteiger partial charge is 0.256 e. The molecule has 0 saturated carbocycles. The van der Waals surface area contributed by atoms with Crippen molar-refractivity contribution >= 4 is 5.91 Å².